The fourth-order valence-corrected chi connectivity index (χ4v) is 3.73. The molecule has 4 rings (SSSR count). The Morgan fingerprint density at radius 2 is 1.67 bits per heavy atom. The summed E-state index contributed by atoms with van der Waals surface area (Å²) in [5.74, 6) is -0.483. The number of hydrogen-bond acceptors (Lipinski definition) is 4. The van der Waals surface area contributed by atoms with Gasteiger partial charge >= 0.3 is 0 Å². The molecule has 0 radical (unpaired) electrons. The number of benzene rings is 2. The third-order valence-electron chi connectivity index (χ3n) is 4.23. The van der Waals surface area contributed by atoms with Crippen LogP contribution in [0.3, 0.4) is 0 Å². The smallest absolute Gasteiger partial charge is 0.173 e. The van der Waals surface area contributed by atoms with Crippen LogP contribution in [-0.2, 0) is 10.8 Å². The highest BCUT2D eigenvalue weighted by Gasteiger charge is 2.19. The van der Waals surface area contributed by atoms with Crippen molar-refractivity contribution in [1.29, 1.82) is 0 Å². The third-order valence-corrected chi connectivity index (χ3v) is 5.21. The lowest BCUT2D eigenvalue weighted by Crippen LogP contribution is -2.02. The van der Waals surface area contributed by atoms with E-state index in [1.807, 2.05) is 24.3 Å². The molecule has 2 aromatic heterocycles. The molecule has 0 fully saturated rings. The monoisotopic (exact) mass is 377 g/mol. The topological polar surface area (TPSA) is 54.9 Å². The molecule has 0 amide bonds. The Labute approximate surface area is 158 Å². The van der Waals surface area contributed by atoms with Crippen LogP contribution in [0.1, 0.15) is 0 Å². The summed E-state index contributed by atoms with van der Waals surface area (Å²) < 4.78 is 27.7. The van der Waals surface area contributed by atoms with Crippen molar-refractivity contribution in [3.8, 4) is 11.3 Å². The summed E-state index contributed by atoms with van der Waals surface area (Å²) in [4.78, 5) is 9.07. The number of aromatic nitrogens is 2. The van der Waals surface area contributed by atoms with E-state index in [9.17, 15) is 4.21 Å². The van der Waals surface area contributed by atoms with Gasteiger partial charge in [-0.2, -0.15) is 0 Å². The van der Waals surface area contributed by atoms with Crippen LogP contribution in [0.25, 0.3) is 22.2 Å². The lowest BCUT2D eigenvalue weighted by atomic mass is 10.1. The minimum atomic E-state index is -1.26. The molecule has 2 aromatic carbocycles. The number of nitrogens with one attached hydrogen (secondary N) is 1. The standard InChI is InChI=1S/C21H16FN3OS/c1-27(26)18-9-5-3-7-16(18)21-19(22)20(24-14-10-12-23-13-11-14)15-6-2-4-8-17(15)25-21/h2-13H,1H3,(H,23,24,25). The van der Waals surface area contributed by atoms with Crippen molar-refractivity contribution in [3.63, 3.8) is 0 Å². The Bertz CT molecular complexity index is 1150. The van der Waals surface area contributed by atoms with E-state index in [2.05, 4.69) is 15.3 Å². The van der Waals surface area contributed by atoms with E-state index in [0.29, 0.717) is 27.0 Å². The molecule has 0 saturated heterocycles. The second-order valence-corrected chi connectivity index (χ2v) is 7.33. The molecule has 0 bridgehead atoms. The Kier molecular flexibility index (Phi) is 4.64. The number of para-hydroxylation sites is 1. The van der Waals surface area contributed by atoms with Gasteiger partial charge in [-0.25, -0.2) is 9.37 Å². The van der Waals surface area contributed by atoms with Crippen LogP contribution in [0.2, 0.25) is 0 Å². The molecule has 0 aliphatic rings. The number of anilines is 2. The van der Waals surface area contributed by atoms with E-state index in [0.717, 1.165) is 5.69 Å². The van der Waals surface area contributed by atoms with Crippen LogP contribution in [0.15, 0.2) is 78.0 Å². The number of hydrogen-bond donors (Lipinski definition) is 1. The highest BCUT2D eigenvalue weighted by molar-refractivity contribution is 7.84. The zero-order chi connectivity index (χ0) is 18.8. The molecule has 6 heteroatoms. The van der Waals surface area contributed by atoms with Gasteiger partial charge < -0.3 is 5.32 Å². The Morgan fingerprint density at radius 3 is 2.44 bits per heavy atom. The predicted octanol–water partition coefficient (Wildman–Crippen LogP) is 4.92. The van der Waals surface area contributed by atoms with Crippen LogP contribution >= 0.6 is 0 Å². The van der Waals surface area contributed by atoms with Crippen molar-refractivity contribution in [2.75, 3.05) is 11.6 Å². The summed E-state index contributed by atoms with van der Waals surface area (Å²) in [6.45, 7) is 0. The summed E-state index contributed by atoms with van der Waals surface area (Å²) >= 11 is 0. The van der Waals surface area contributed by atoms with Crippen molar-refractivity contribution in [2.24, 2.45) is 0 Å². The van der Waals surface area contributed by atoms with Gasteiger partial charge in [0.15, 0.2) is 5.82 Å². The van der Waals surface area contributed by atoms with E-state index in [1.54, 1.807) is 55.0 Å². The van der Waals surface area contributed by atoms with Crippen molar-refractivity contribution in [2.45, 2.75) is 4.90 Å². The van der Waals surface area contributed by atoms with Crippen LogP contribution in [0.5, 0.6) is 0 Å². The Hall–Kier alpha value is -3.12. The minimum Gasteiger partial charge on any atom is -0.352 e. The number of fused-ring (bicyclic) bond motifs is 1. The second-order valence-electron chi connectivity index (χ2n) is 5.98. The summed E-state index contributed by atoms with van der Waals surface area (Å²) in [6.07, 6.45) is 4.86. The lowest BCUT2D eigenvalue weighted by molar-refractivity contribution is 0.631. The maximum Gasteiger partial charge on any atom is 0.173 e. The molecule has 4 aromatic rings. The Balaban J connectivity index is 1.98. The lowest BCUT2D eigenvalue weighted by Gasteiger charge is -2.15. The van der Waals surface area contributed by atoms with Crippen LogP contribution in [-0.4, -0.2) is 20.4 Å². The molecule has 1 atom stereocenters. The van der Waals surface area contributed by atoms with E-state index < -0.39 is 16.6 Å². The van der Waals surface area contributed by atoms with Gasteiger partial charge in [0.05, 0.1) is 22.0 Å². The van der Waals surface area contributed by atoms with Crippen molar-refractivity contribution in [1.82, 2.24) is 9.97 Å². The molecule has 4 nitrogen and oxygen atoms in total. The molecule has 0 aliphatic heterocycles. The second kappa shape index (κ2) is 7.25. The van der Waals surface area contributed by atoms with E-state index in [1.165, 1.54) is 0 Å². The molecule has 134 valence electrons. The van der Waals surface area contributed by atoms with Gasteiger partial charge in [-0.1, -0.05) is 36.4 Å². The quantitative estimate of drug-likeness (QED) is 0.549. The first-order valence-electron chi connectivity index (χ1n) is 8.33. The average molecular weight is 377 g/mol. The maximum absolute atomic E-state index is 15.6. The molecule has 1 unspecified atom stereocenters. The fraction of sp³-hybridized carbons (Fsp3) is 0.0476. The molecule has 1 N–H and O–H groups in total. The van der Waals surface area contributed by atoms with Gasteiger partial charge in [-0.3, -0.25) is 9.19 Å². The van der Waals surface area contributed by atoms with Gasteiger partial charge in [0.1, 0.15) is 5.69 Å². The zero-order valence-corrected chi connectivity index (χ0v) is 15.3. The van der Waals surface area contributed by atoms with Gasteiger partial charge in [0, 0.05) is 40.2 Å². The highest BCUT2D eigenvalue weighted by Crippen LogP contribution is 2.36. The van der Waals surface area contributed by atoms with E-state index in [-0.39, 0.29) is 5.69 Å². The molecule has 0 saturated carbocycles. The molecular formula is C21H16FN3OS. The summed E-state index contributed by atoms with van der Waals surface area (Å²) in [5, 5.41) is 3.82. The molecule has 0 aliphatic carbocycles. The van der Waals surface area contributed by atoms with Crippen LogP contribution in [0.4, 0.5) is 15.8 Å². The van der Waals surface area contributed by atoms with Gasteiger partial charge in [0.25, 0.3) is 0 Å². The normalized spacial score (nSPS) is 12.1. The summed E-state index contributed by atoms with van der Waals surface area (Å²) in [6, 6.07) is 17.9. The Morgan fingerprint density at radius 1 is 0.963 bits per heavy atom. The summed E-state index contributed by atoms with van der Waals surface area (Å²) in [7, 11) is -1.26. The maximum atomic E-state index is 15.6. The first kappa shape index (κ1) is 17.3. The number of rotatable bonds is 4. The van der Waals surface area contributed by atoms with Crippen molar-refractivity contribution in [3.05, 3.63) is 78.9 Å². The summed E-state index contributed by atoms with van der Waals surface area (Å²) in [5.41, 5.74) is 2.41. The van der Waals surface area contributed by atoms with Gasteiger partial charge in [0.2, 0.25) is 0 Å². The number of halogens is 1. The van der Waals surface area contributed by atoms with E-state index >= 15 is 4.39 Å². The number of nitrogens with zero attached hydrogens (tertiary/aromatic N) is 2. The van der Waals surface area contributed by atoms with Crippen LogP contribution < -0.4 is 5.32 Å². The SMILES string of the molecule is CS(=O)c1ccccc1-c1nc2ccccc2c(Nc2ccncc2)c1F. The average Bonchev–Trinajstić information content (AvgIpc) is 2.70. The number of pyridine rings is 2. The van der Waals surface area contributed by atoms with Gasteiger partial charge in [-0.15, -0.1) is 0 Å². The van der Waals surface area contributed by atoms with Crippen LogP contribution in [0, 0.1) is 5.82 Å². The molecule has 27 heavy (non-hydrogen) atoms. The zero-order valence-electron chi connectivity index (χ0n) is 14.5. The first-order chi connectivity index (χ1) is 13.1. The minimum absolute atomic E-state index is 0.177. The molecule has 0 spiro atoms. The van der Waals surface area contributed by atoms with Crippen molar-refractivity contribution < 1.29 is 8.60 Å². The predicted molar refractivity (Wildman–Crippen MR) is 107 cm³/mol. The molecular weight excluding hydrogens is 361 g/mol. The van der Waals surface area contributed by atoms with E-state index in [4.69, 9.17) is 0 Å². The third kappa shape index (κ3) is 3.31. The highest BCUT2D eigenvalue weighted by atomic mass is 32.2. The first-order valence-corrected chi connectivity index (χ1v) is 9.89. The van der Waals surface area contributed by atoms with Crippen molar-refractivity contribution >= 4 is 33.1 Å². The molecule has 2 heterocycles. The largest absolute Gasteiger partial charge is 0.352 e. The van der Waals surface area contributed by atoms with Gasteiger partial charge in [-0.05, 0) is 24.3 Å². The fourth-order valence-electron chi connectivity index (χ4n) is 2.98.